The number of hydrogen-bond acceptors (Lipinski definition) is 2. The highest BCUT2D eigenvalue weighted by Gasteiger charge is 2.20. The molecule has 0 saturated heterocycles. The Hall–Kier alpha value is -1.72. The summed E-state index contributed by atoms with van der Waals surface area (Å²) in [7, 11) is -3.66. The predicted molar refractivity (Wildman–Crippen MR) is 83.6 cm³/mol. The molecule has 116 valence electrons. The van der Waals surface area contributed by atoms with Crippen LogP contribution in [-0.2, 0) is 22.9 Å². The molecule has 0 aromatic heterocycles. The first-order valence-corrected chi connectivity index (χ1v) is 8.83. The van der Waals surface area contributed by atoms with E-state index in [1.165, 1.54) is 23.3 Å². The molecule has 0 bridgehead atoms. The third kappa shape index (κ3) is 3.05. The summed E-state index contributed by atoms with van der Waals surface area (Å²) in [6.45, 7) is 1.82. The van der Waals surface area contributed by atoms with Crippen LogP contribution in [-0.4, -0.2) is 8.42 Å². The second-order valence-electron chi connectivity index (χ2n) is 5.68. The lowest BCUT2D eigenvalue weighted by atomic mass is 10.0. The molecule has 0 radical (unpaired) electrons. The summed E-state index contributed by atoms with van der Waals surface area (Å²) >= 11 is 0. The van der Waals surface area contributed by atoms with E-state index in [1.807, 2.05) is 13.0 Å². The third-order valence-electron chi connectivity index (χ3n) is 4.08. The number of nitrogens with one attached hydrogen (secondary N) is 1. The number of aryl methyl sites for hydroxylation is 2. The van der Waals surface area contributed by atoms with Crippen LogP contribution in [0.1, 0.15) is 36.1 Å². The molecule has 0 unspecified atom stereocenters. The van der Waals surface area contributed by atoms with Crippen LogP contribution < -0.4 is 4.72 Å². The van der Waals surface area contributed by atoms with Crippen LogP contribution in [0.15, 0.2) is 47.4 Å². The molecule has 5 heteroatoms. The Labute approximate surface area is 130 Å². The average Bonchev–Trinajstić information content (AvgIpc) is 2.94. The van der Waals surface area contributed by atoms with Crippen LogP contribution in [0, 0.1) is 5.82 Å². The Morgan fingerprint density at radius 1 is 1.05 bits per heavy atom. The van der Waals surface area contributed by atoms with E-state index in [0.717, 1.165) is 37.0 Å². The summed E-state index contributed by atoms with van der Waals surface area (Å²) in [5, 5.41) is 0. The SMILES string of the molecule is C[C@H](NS(=O)(=O)c1ccc(F)cc1)c1ccc2c(c1)CCC2. The molecule has 0 amide bonds. The molecule has 2 aromatic rings. The largest absolute Gasteiger partial charge is 0.241 e. The van der Waals surface area contributed by atoms with Crippen molar-refractivity contribution in [3.8, 4) is 0 Å². The standard InChI is InChI=1S/C17H18FNO2S/c1-12(14-6-5-13-3-2-4-15(13)11-14)19-22(20,21)17-9-7-16(18)8-10-17/h5-12,19H,2-4H2,1H3/t12-/m0/s1. The van der Waals surface area contributed by atoms with E-state index in [0.29, 0.717) is 0 Å². The van der Waals surface area contributed by atoms with Crippen molar-refractivity contribution in [3.05, 3.63) is 65.0 Å². The number of benzene rings is 2. The van der Waals surface area contributed by atoms with Gasteiger partial charge in [0.15, 0.2) is 0 Å². The summed E-state index contributed by atoms with van der Waals surface area (Å²) in [5.41, 5.74) is 3.62. The molecule has 0 saturated carbocycles. The van der Waals surface area contributed by atoms with Crippen molar-refractivity contribution in [3.63, 3.8) is 0 Å². The topological polar surface area (TPSA) is 46.2 Å². The molecule has 3 rings (SSSR count). The summed E-state index contributed by atoms with van der Waals surface area (Å²) in [4.78, 5) is 0.0712. The first-order valence-electron chi connectivity index (χ1n) is 7.35. The van der Waals surface area contributed by atoms with Gasteiger partial charge in [-0.05, 0) is 67.1 Å². The molecule has 2 aromatic carbocycles. The monoisotopic (exact) mass is 319 g/mol. The van der Waals surface area contributed by atoms with Gasteiger partial charge < -0.3 is 0 Å². The first kappa shape index (κ1) is 15.2. The third-order valence-corrected chi connectivity index (χ3v) is 5.64. The van der Waals surface area contributed by atoms with Crippen LogP contribution in [0.3, 0.4) is 0 Å². The van der Waals surface area contributed by atoms with Crippen molar-refractivity contribution < 1.29 is 12.8 Å². The summed E-state index contributed by atoms with van der Waals surface area (Å²) in [5.74, 6) is -0.453. The minimum atomic E-state index is -3.66. The lowest BCUT2D eigenvalue weighted by Crippen LogP contribution is -2.27. The fourth-order valence-electron chi connectivity index (χ4n) is 2.84. The van der Waals surface area contributed by atoms with E-state index >= 15 is 0 Å². The molecule has 0 aliphatic heterocycles. The zero-order valence-corrected chi connectivity index (χ0v) is 13.2. The van der Waals surface area contributed by atoms with Crippen molar-refractivity contribution in [1.82, 2.24) is 4.72 Å². The van der Waals surface area contributed by atoms with Gasteiger partial charge in [0.05, 0.1) is 4.90 Å². The molecule has 0 heterocycles. The Balaban J connectivity index is 1.81. The van der Waals surface area contributed by atoms with Crippen LogP contribution in [0.5, 0.6) is 0 Å². The van der Waals surface area contributed by atoms with E-state index in [9.17, 15) is 12.8 Å². The van der Waals surface area contributed by atoms with Gasteiger partial charge in [-0.15, -0.1) is 0 Å². The van der Waals surface area contributed by atoms with Crippen molar-refractivity contribution in [1.29, 1.82) is 0 Å². The number of fused-ring (bicyclic) bond motifs is 1. The Kier molecular flexibility index (Phi) is 4.02. The molecular weight excluding hydrogens is 301 g/mol. The molecule has 1 N–H and O–H groups in total. The number of sulfonamides is 1. The molecule has 1 aliphatic rings. The number of hydrogen-bond donors (Lipinski definition) is 1. The van der Waals surface area contributed by atoms with Gasteiger partial charge in [-0.2, -0.15) is 0 Å². The minimum absolute atomic E-state index is 0.0712. The van der Waals surface area contributed by atoms with Gasteiger partial charge in [-0.1, -0.05) is 18.2 Å². The maximum Gasteiger partial charge on any atom is 0.241 e. The molecular formula is C17H18FNO2S. The summed E-state index contributed by atoms with van der Waals surface area (Å²) in [6.07, 6.45) is 3.32. The predicted octanol–water partition coefficient (Wildman–Crippen LogP) is 3.35. The van der Waals surface area contributed by atoms with Gasteiger partial charge >= 0.3 is 0 Å². The van der Waals surface area contributed by atoms with E-state index in [1.54, 1.807) is 0 Å². The zero-order valence-electron chi connectivity index (χ0n) is 12.3. The van der Waals surface area contributed by atoms with Crippen LogP contribution >= 0.6 is 0 Å². The second-order valence-corrected chi connectivity index (χ2v) is 7.39. The Bertz CT molecular complexity index is 785. The van der Waals surface area contributed by atoms with Crippen molar-refractivity contribution in [2.45, 2.75) is 37.1 Å². The molecule has 22 heavy (non-hydrogen) atoms. The number of rotatable bonds is 4. The lowest BCUT2D eigenvalue weighted by molar-refractivity contribution is 0.566. The first-order chi connectivity index (χ1) is 10.5. The van der Waals surface area contributed by atoms with Gasteiger partial charge in [0.2, 0.25) is 10.0 Å². The normalized spacial score (nSPS) is 15.5. The van der Waals surface area contributed by atoms with Crippen molar-refractivity contribution >= 4 is 10.0 Å². The van der Waals surface area contributed by atoms with E-state index in [2.05, 4.69) is 16.9 Å². The van der Waals surface area contributed by atoms with E-state index in [-0.39, 0.29) is 10.9 Å². The smallest absolute Gasteiger partial charge is 0.207 e. The van der Waals surface area contributed by atoms with E-state index < -0.39 is 15.8 Å². The van der Waals surface area contributed by atoms with Crippen molar-refractivity contribution in [2.24, 2.45) is 0 Å². The fourth-order valence-corrected chi connectivity index (χ4v) is 4.08. The van der Waals surface area contributed by atoms with Crippen molar-refractivity contribution in [2.75, 3.05) is 0 Å². The average molecular weight is 319 g/mol. The Morgan fingerprint density at radius 3 is 2.45 bits per heavy atom. The highest BCUT2D eigenvalue weighted by Crippen LogP contribution is 2.26. The summed E-state index contributed by atoms with van der Waals surface area (Å²) in [6, 6.07) is 10.6. The van der Waals surface area contributed by atoms with Crippen LogP contribution in [0.25, 0.3) is 0 Å². The van der Waals surface area contributed by atoms with E-state index in [4.69, 9.17) is 0 Å². The molecule has 1 atom stereocenters. The quantitative estimate of drug-likeness (QED) is 0.939. The molecule has 3 nitrogen and oxygen atoms in total. The number of halogens is 1. The highest BCUT2D eigenvalue weighted by atomic mass is 32.2. The minimum Gasteiger partial charge on any atom is -0.207 e. The molecule has 0 fully saturated rings. The lowest BCUT2D eigenvalue weighted by Gasteiger charge is -2.16. The second kappa shape index (κ2) is 5.82. The maximum atomic E-state index is 12.9. The zero-order chi connectivity index (χ0) is 15.7. The van der Waals surface area contributed by atoms with Crippen LogP contribution in [0.2, 0.25) is 0 Å². The van der Waals surface area contributed by atoms with Gasteiger partial charge in [0.25, 0.3) is 0 Å². The fraction of sp³-hybridized carbons (Fsp3) is 0.294. The summed E-state index contributed by atoms with van der Waals surface area (Å²) < 4.78 is 40.2. The van der Waals surface area contributed by atoms with Gasteiger partial charge in [-0.3, -0.25) is 0 Å². The van der Waals surface area contributed by atoms with Crippen LogP contribution in [0.4, 0.5) is 4.39 Å². The highest BCUT2D eigenvalue weighted by molar-refractivity contribution is 7.89. The molecule has 1 aliphatic carbocycles. The maximum absolute atomic E-state index is 12.9. The molecule has 0 spiro atoms. The van der Waals surface area contributed by atoms with Gasteiger partial charge in [0, 0.05) is 6.04 Å². The van der Waals surface area contributed by atoms with Gasteiger partial charge in [-0.25, -0.2) is 17.5 Å². The Morgan fingerprint density at radius 2 is 1.73 bits per heavy atom. The van der Waals surface area contributed by atoms with Gasteiger partial charge in [0.1, 0.15) is 5.82 Å².